The predicted octanol–water partition coefficient (Wildman–Crippen LogP) is 3.13. The maximum Gasteiger partial charge on any atom is 0.124 e. The molecule has 0 bridgehead atoms. The Kier molecular flexibility index (Phi) is 4.61. The average Bonchev–Trinajstić information content (AvgIpc) is 2.09. The molecule has 0 heterocycles. The van der Waals surface area contributed by atoms with E-state index in [2.05, 4.69) is 15.9 Å². The van der Waals surface area contributed by atoms with Gasteiger partial charge in [0.2, 0.25) is 0 Å². The lowest BCUT2D eigenvalue weighted by Crippen LogP contribution is -2.19. The highest BCUT2D eigenvalue weighted by Gasteiger charge is 2.10. The minimum Gasteiger partial charge on any atom is -0.491 e. The standard InChI is InChI=1S/C12H18BrNO/c1-8(2)15-12-6-4-5-11(13)10(12)7-9(3)14/h4-6,8-9H,7,14H2,1-3H3. The van der Waals surface area contributed by atoms with Gasteiger partial charge in [0.25, 0.3) is 0 Å². The smallest absolute Gasteiger partial charge is 0.124 e. The Morgan fingerprint density at radius 2 is 2.00 bits per heavy atom. The summed E-state index contributed by atoms with van der Waals surface area (Å²) in [6.07, 6.45) is 1.01. The molecule has 0 aliphatic heterocycles. The molecule has 0 radical (unpaired) electrons. The van der Waals surface area contributed by atoms with Crippen molar-refractivity contribution in [3.05, 3.63) is 28.2 Å². The Bertz CT molecular complexity index is 323. The maximum absolute atomic E-state index is 5.82. The Morgan fingerprint density at radius 3 is 2.53 bits per heavy atom. The topological polar surface area (TPSA) is 35.2 Å². The van der Waals surface area contributed by atoms with Crippen LogP contribution in [0.1, 0.15) is 26.3 Å². The highest BCUT2D eigenvalue weighted by atomic mass is 79.9. The van der Waals surface area contributed by atoms with E-state index in [4.69, 9.17) is 10.5 Å². The van der Waals surface area contributed by atoms with Crippen molar-refractivity contribution in [3.63, 3.8) is 0 Å². The lowest BCUT2D eigenvalue weighted by Gasteiger charge is -2.16. The maximum atomic E-state index is 5.82. The quantitative estimate of drug-likeness (QED) is 0.914. The fourth-order valence-corrected chi connectivity index (χ4v) is 1.93. The molecule has 0 saturated carbocycles. The van der Waals surface area contributed by atoms with Crippen LogP contribution in [0.4, 0.5) is 0 Å². The van der Waals surface area contributed by atoms with Crippen molar-refractivity contribution >= 4 is 15.9 Å². The summed E-state index contributed by atoms with van der Waals surface area (Å²) in [5.74, 6) is 0.927. The molecule has 0 amide bonds. The van der Waals surface area contributed by atoms with Crippen molar-refractivity contribution in [1.29, 1.82) is 0 Å². The molecule has 1 atom stereocenters. The summed E-state index contributed by atoms with van der Waals surface area (Å²) in [6, 6.07) is 6.12. The predicted molar refractivity (Wildman–Crippen MR) is 67.3 cm³/mol. The van der Waals surface area contributed by atoms with Crippen LogP contribution in [0.2, 0.25) is 0 Å². The van der Waals surface area contributed by atoms with E-state index < -0.39 is 0 Å². The molecule has 3 heteroatoms. The Morgan fingerprint density at radius 1 is 1.33 bits per heavy atom. The first-order chi connectivity index (χ1) is 7.00. The molecule has 0 aliphatic rings. The monoisotopic (exact) mass is 271 g/mol. The normalized spacial score (nSPS) is 12.9. The number of hydrogen-bond acceptors (Lipinski definition) is 2. The van der Waals surface area contributed by atoms with Crippen LogP contribution in [0.3, 0.4) is 0 Å². The SMILES string of the molecule is CC(N)Cc1c(Br)cccc1OC(C)C. The number of benzene rings is 1. The van der Waals surface area contributed by atoms with Gasteiger partial charge < -0.3 is 10.5 Å². The van der Waals surface area contributed by atoms with Gasteiger partial charge in [0.15, 0.2) is 0 Å². The van der Waals surface area contributed by atoms with Crippen LogP contribution in [0.5, 0.6) is 5.75 Å². The Balaban J connectivity index is 2.97. The van der Waals surface area contributed by atoms with Crippen molar-refractivity contribution in [2.75, 3.05) is 0 Å². The first-order valence-electron chi connectivity index (χ1n) is 5.20. The van der Waals surface area contributed by atoms with Crippen molar-refractivity contribution in [3.8, 4) is 5.75 Å². The summed E-state index contributed by atoms with van der Waals surface area (Å²) in [4.78, 5) is 0. The van der Waals surface area contributed by atoms with Crippen molar-refractivity contribution in [1.82, 2.24) is 0 Å². The molecule has 1 aromatic carbocycles. The van der Waals surface area contributed by atoms with Crippen LogP contribution in [-0.2, 0) is 6.42 Å². The van der Waals surface area contributed by atoms with Gasteiger partial charge in [-0.25, -0.2) is 0 Å². The van der Waals surface area contributed by atoms with Crippen LogP contribution in [0, 0.1) is 0 Å². The summed E-state index contributed by atoms with van der Waals surface area (Å²) in [6.45, 7) is 6.05. The summed E-state index contributed by atoms with van der Waals surface area (Å²) in [5.41, 5.74) is 6.97. The van der Waals surface area contributed by atoms with Crippen LogP contribution in [0.15, 0.2) is 22.7 Å². The molecule has 0 aromatic heterocycles. The third-order valence-corrected chi connectivity index (χ3v) is 2.71. The van der Waals surface area contributed by atoms with E-state index in [0.29, 0.717) is 0 Å². The van der Waals surface area contributed by atoms with Gasteiger partial charge in [-0.2, -0.15) is 0 Å². The third kappa shape index (κ3) is 3.84. The lowest BCUT2D eigenvalue weighted by molar-refractivity contribution is 0.239. The van der Waals surface area contributed by atoms with Crippen LogP contribution in [-0.4, -0.2) is 12.1 Å². The molecule has 0 spiro atoms. The second kappa shape index (κ2) is 5.52. The molecule has 15 heavy (non-hydrogen) atoms. The molecular weight excluding hydrogens is 254 g/mol. The summed E-state index contributed by atoms with van der Waals surface area (Å²) < 4.78 is 6.81. The number of hydrogen-bond donors (Lipinski definition) is 1. The van der Waals surface area contributed by atoms with Crippen LogP contribution in [0.25, 0.3) is 0 Å². The molecule has 2 nitrogen and oxygen atoms in total. The van der Waals surface area contributed by atoms with Crippen molar-refractivity contribution in [2.45, 2.75) is 39.3 Å². The van der Waals surface area contributed by atoms with Gasteiger partial charge in [-0.05, 0) is 39.3 Å². The largest absolute Gasteiger partial charge is 0.491 e. The van der Waals surface area contributed by atoms with E-state index in [-0.39, 0.29) is 12.1 Å². The van der Waals surface area contributed by atoms with Gasteiger partial charge in [0.1, 0.15) is 5.75 Å². The van der Waals surface area contributed by atoms with Crippen molar-refractivity contribution in [2.24, 2.45) is 5.73 Å². The molecule has 1 unspecified atom stereocenters. The number of ether oxygens (including phenoxy) is 1. The lowest BCUT2D eigenvalue weighted by atomic mass is 10.1. The first-order valence-corrected chi connectivity index (χ1v) is 5.99. The third-order valence-electron chi connectivity index (χ3n) is 1.96. The minimum absolute atomic E-state index is 0.137. The van der Waals surface area contributed by atoms with Gasteiger partial charge in [-0.1, -0.05) is 22.0 Å². The minimum atomic E-state index is 0.137. The highest BCUT2D eigenvalue weighted by Crippen LogP contribution is 2.28. The van der Waals surface area contributed by atoms with E-state index >= 15 is 0 Å². The van der Waals surface area contributed by atoms with Gasteiger partial charge >= 0.3 is 0 Å². The molecule has 1 rings (SSSR count). The summed E-state index contributed by atoms with van der Waals surface area (Å²) >= 11 is 3.53. The Hall–Kier alpha value is -0.540. The molecule has 84 valence electrons. The summed E-state index contributed by atoms with van der Waals surface area (Å²) in [5, 5.41) is 0. The summed E-state index contributed by atoms with van der Waals surface area (Å²) in [7, 11) is 0. The van der Waals surface area contributed by atoms with Crippen molar-refractivity contribution < 1.29 is 4.74 Å². The van der Waals surface area contributed by atoms with E-state index in [1.54, 1.807) is 0 Å². The number of nitrogens with two attached hydrogens (primary N) is 1. The van der Waals surface area contributed by atoms with Crippen LogP contribution >= 0.6 is 15.9 Å². The van der Waals surface area contributed by atoms with Gasteiger partial charge in [-0.15, -0.1) is 0 Å². The van der Waals surface area contributed by atoms with Gasteiger partial charge in [0, 0.05) is 16.1 Å². The zero-order valence-electron chi connectivity index (χ0n) is 9.46. The van der Waals surface area contributed by atoms with Gasteiger partial charge in [0.05, 0.1) is 6.10 Å². The van der Waals surface area contributed by atoms with E-state index in [9.17, 15) is 0 Å². The average molecular weight is 272 g/mol. The van der Waals surface area contributed by atoms with E-state index in [1.165, 1.54) is 0 Å². The molecule has 1 aromatic rings. The fraction of sp³-hybridized carbons (Fsp3) is 0.500. The molecular formula is C12H18BrNO. The Labute approximate surface area is 99.9 Å². The second-order valence-electron chi connectivity index (χ2n) is 4.06. The zero-order valence-corrected chi connectivity index (χ0v) is 11.0. The van der Waals surface area contributed by atoms with E-state index in [1.807, 2.05) is 39.0 Å². The zero-order chi connectivity index (χ0) is 11.4. The molecule has 0 fully saturated rings. The number of halogens is 1. The second-order valence-corrected chi connectivity index (χ2v) is 4.92. The first kappa shape index (κ1) is 12.5. The van der Waals surface area contributed by atoms with E-state index in [0.717, 1.165) is 22.2 Å². The van der Waals surface area contributed by atoms with Gasteiger partial charge in [-0.3, -0.25) is 0 Å². The molecule has 2 N–H and O–H groups in total. The molecule has 0 aliphatic carbocycles. The van der Waals surface area contributed by atoms with Crippen LogP contribution < -0.4 is 10.5 Å². The fourth-order valence-electron chi connectivity index (χ4n) is 1.42. The number of rotatable bonds is 4. The highest BCUT2D eigenvalue weighted by molar-refractivity contribution is 9.10. The molecule has 0 saturated heterocycles.